The molecule has 1 aliphatic heterocycles. The van der Waals surface area contributed by atoms with Gasteiger partial charge >= 0.3 is 0 Å². The molecule has 1 aromatic rings. The van der Waals surface area contributed by atoms with Crippen LogP contribution >= 0.6 is 12.4 Å². The van der Waals surface area contributed by atoms with E-state index < -0.39 is 0 Å². The van der Waals surface area contributed by atoms with Crippen LogP contribution in [0.25, 0.3) is 0 Å². The molecule has 1 N–H and O–H groups in total. The maximum Gasteiger partial charge on any atom is 0.231 e. The summed E-state index contributed by atoms with van der Waals surface area (Å²) in [4.78, 5) is 12.2. The SMILES string of the molecule is CC(C)CNC(C)C(=O)c1ccc2c(c1)OCO2.Cl. The Morgan fingerprint density at radius 2 is 1.95 bits per heavy atom. The molecular weight excluding hydrogens is 266 g/mol. The van der Waals surface area contributed by atoms with Crippen LogP contribution in [-0.4, -0.2) is 25.2 Å². The molecule has 1 aliphatic rings. The van der Waals surface area contributed by atoms with Gasteiger partial charge in [0.15, 0.2) is 17.3 Å². The van der Waals surface area contributed by atoms with Gasteiger partial charge in [-0.1, -0.05) is 13.8 Å². The standard InChI is InChI=1S/C14H19NO3.ClH/c1-9(2)7-15-10(3)14(16)11-4-5-12-13(6-11)18-8-17-12;/h4-6,9-10,15H,7-8H2,1-3H3;1H. The summed E-state index contributed by atoms with van der Waals surface area (Å²) in [6.45, 7) is 7.18. The Hall–Kier alpha value is -1.26. The van der Waals surface area contributed by atoms with Crippen LogP contribution in [0.2, 0.25) is 0 Å². The molecule has 1 heterocycles. The van der Waals surface area contributed by atoms with Gasteiger partial charge in [0, 0.05) is 5.56 Å². The highest BCUT2D eigenvalue weighted by atomic mass is 35.5. The number of rotatable bonds is 5. The highest BCUT2D eigenvalue weighted by Gasteiger charge is 2.19. The van der Waals surface area contributed by atoms with Gasteiger partial charge in [0.2, 0.25) is 6.79 Å². The predicted octanol–water partition coefficient (Wildman–Crippen LogP) is 2.65. The van der Waals surface area contributed by atoms with Crippen molar-refractivity contribution in [2.24, 2.45) is 5.92 Å². The van der Waals surface area contributed by atoms with Gasteiger partial charge in [-0.2, -0.15) is 0 Å². The Bertz CT molecular complexity index is 448. The molecular formula is C14H20ClNO3. The molecule has 1 unspecified atom stereocenters. The largest absolute Gasteiger partial charge is 0.454 e. The minimum atomic E-state index is -0.187. The lowest BCUT2D eigenvalue weighted by Gasteiger charge is -2.14. The van der Waals surface area contributed by atoms with Crippen LogP contribution in [0, 0.1) is 5.92 Å². The van der Waals surface area contributed by atoms with Crippen LogP contribution in [0.3, 0.4) is 0 Å². The summed E-state index contributed by atoms with van der Waals surface area (Å²) >= 11 is 0. The minimum absolute atomic E-state index is 0. The second-order valence-corrected chi connectivity index (χ2v) is 4.96. The van der Waals surface area contributed by atoms with E-state index in [0.717, 1.165) is 6.54 Å². The van der Waals surface area contributed by atoms with Crippen molar-refractivity contribution in [1.29, 1.82) is 0 Å². The highest BCUT2D eigenvalue weighted by molar-refractivity contribution is 6.00. The molecule has 0 spiro atoms. The molecule has 0 amide bonds. The Balaban J connectivity index is 0.00000180. The molecule has 0 radical (unpaired) electrons. The molecule has 19 heavy (non-hydrogen) atoms. The first-order chi connectivity index (χ1) is 8.58. The van der Waals surface area contributed by atoms with Crippen molar-refractivity contribution >= 4 is 18.2 Å². The van der Waals surface area contributed by atoms with Crippen molar-refractivity contribution < 1.29 is 14.3 Å². The molecule has 5 heteroatoms. The number of fused-ring (bicyclic) bond motifs is 1. The van der Waals surface area contributed by atoms with E-state index in [0.29, 0.717) is 23.0 Å². The number of Topliss-reactive ketones (excluding diaryl/α,β-unsaturated/α-hetero) is 1. The lowest BCUT2D eigenvalue weighted by atomic mass is 10.0. The van der Waals surface area contributed by atoms with Crippen molar-refractivity contribution in [1.82, 2.24) is 5.32 Å². The van der Waals surface area contributed by atoms with Crippen LogP contribution < -0.4 is 14.8 Å². The van der Waals surface area contributed by atoms with Crippen molar-refractivity contribution in [2.75, 3.05) is 13.3 Å². The maximum atomic E-state index is 12.2. The van der Waals surface area contributed by atoms with Crippen molar-refractivity contribution in [3.8, 4) is 11.5 Å². The van der Waals surface area contributed by atoms with E-state index in [-0.39, 0.29) is 31.0 Å². The van der Waals surface area contributed by atoms with Gasteiger partial charge in [0.1, 0.15) is 0 Å². The zero-order valence-electron chi connectivity index (χ0n) is 11.4. The highest BCUT2D eigenvalue weighted by Crippen LogP contribution is 2.32. The topological polar surface area (TPSA) is 47.6 Å². The van der Waals surface area contributed by atoms with Crippen molar-refractivity contribution in [3.63, 3.8) is 0 Å². The Morgan fingerprint density at radius 1 is 1.26 bits per heavy atom. The molecule has 0 fully saturated rings. The average Bonchev–Trinajstić information content (AvgIpc) is 2.81. The second-order valence-electron chi connectivity index (χ2n) is 4.96. The monoisotopic (exact) mass is 285 g/mol. The smallest absolute Gasteiger partial charge is 0.231 e. The Kier molecular flexibility index (Phi) is 5.63. The summed E-state index contributed by atoms with van der Waals surface area (Å²) in [5.41, 5.74) is 0.656. The molecule has 4 nitrogen and oxygen atoms in total. The number of nitrogens with one attached hydrogen (secondary N) is 1. The minimum Gasteiger partial charge on any atom is -0.454 e. The molecule has 0 aromatic heterocycles. The number of hydrogen-bond donors (Lipinski definition) is 1. The summed E-state index contributed by atoms with van der Waals surface area (Å²) in [5.74, 6) is 1.96. The normalized spacial score (nSPS) is 14.1. The number of hydrogen-bond acceptors (Lipinski definition) is 4. The van der Waals surface area contributed by atoms with Gasteiger partial charge in [-0.15, -0.1) is 12.4 Å². The summed E-state index contributed by atoms with van der Waals surface area (Å²) in [6, 6.07) is 5.12. The van der Waals surface area contributed by atoms with Gasteiger partial charge in [-0.25, -0.2) is 0 Å². The molecule has 0 saturated heterocycles. The lowest BCUT2D eigenvalue weighted by molar-refractivity contribution is 0.0949. The van der Waals surface area contributed by atoms with Gasteiger partial charge < -0.3 is 14.8 Å². The van der Waals surface area contributed by atoms with Crippen molar-refractivity contribution in [2.45, 2.75) is 26.8 Å². The summed E-state index contributed by atoms with van der Waals surface area (Å²) < 4.78 is 10.5. The summed E-state index contributed by atoms with van der Waals surface area (Å²) in [6.07, 6.45) is 0. The van der Waals surface area contributed by atoms with Gasteiger partial charge in [0.05, 0.1) is 6.04 Å². The van der Waals surface area contributed by atoms with Gasteiger partial charge in [0.25, 0.3) is 0 Å². The fraction of sp³-hybridized carbons (Fsp3) is 0.500. The number of ketones is 1. The van der Waals surface area contributed by atoms with E-state index in [9.17, 15) is 4.79 Å². The molecule has 0 saturated carbocycles. The first kappa shape index (κ1) is 15.8. The van der Waals surface area contributed by atoms with Gasteiger partial charge in [-0.05, 0) is 37.6 Å². The Labute approximate surface area is 119 Å². The third-order valence-electron chi connectivity index (χ3n) is 2.88. The second kappa shape index (κ2) is 6.78. The summed E-state index contributed by atoms with van der Waals surface area (Å²) in [5, 5.41) is 3.23. The van der Waals surface area contributed by atoms with E-state index in [1.807, 2.05) is 6.92 Å². The van der Waals surface area contributed by atoms with Gasteiger partial charge in [-0.3, -0.25) is 4.79 Å². The zero-order valence-corrected chi connectivity index (χ0v) is 12.3. The Morgan fingerprint density at radius 3 is 2.63 bits per heavy atom. The van der Waals surface area contributed by atoms with E-state index >= 15 is 0 Å². The molecule has 1 aromatic carbocycles. The third kappa shape index (κ3) is 3.85. The molecule has 0 aliphatic carbocycles. The lowest BCUT2D eigenvalue weighted by Crippen LogP contribution is -2.36. The first-order valence-electron chi connectivity index (χ1n) is 6.25. The zero-order chi connectivity index (χ0) is 13.1. The number of carbonyl (C=O) groups is 1. The average molecular weight is 286 g/mol. The summed E-state index contributed by atoms with van der Waals surface area (Å²) in [7, 11) is 0. The maximum absolute atomic E-state index is 12.2. The fourth-order valence-electron chi connectivity index (χ4n) is 1.80. The van der Waals surface area contributed by atoms with E-state index in [1.54, 1.807) is 18.2 Å². The molecule has 0 bridgehead atoms. The number of halogens is 1. The number of benzene rings is 1. The van der Waals surface area contributed by atoms with E-state index in [2.05, 4.69) is 19.2 Å². The molecule has 2 rings (SSSR count). The van der Waals surface area contributed by atoms with Crippen LogP contribution in [0.1, 0.15) is 31.1 Å². The van der Waals surface area contributed by atoms with Crippen LogP contribution in [0.4, 0.5) is 0 Å². The fourth-order valence-corrected chi connectivity index (χ4v) is 1.80. The molecule has 1 atom stereocenters. The number of ether oxygens (including phenoxy) is 2. The molecule has 106 valence electrons. The van der Waals surface area contributed by atoms with Crippen LogP contribution in [-0.2, 0) is 0 Å². The predicted molar refractivity (Wildman–Crippen MR) is 76.4 cm³/mol. The van der Waals surface area contributed by atoms with Crippen LogP contribution in [0.5, 0.6) is 11.5 Å². The van der Waals surface area contributed by atoms with Crippen LogP contribution in [0.15, 0.2) is 18.2 Å². The van der Waals surface area contributed by atoms with E-state index in [4.69, 9.17) is 9.47 Å². The number of carbonyl (C=O) groups excluding carboxylic acids is 1. The first-order valence-corrected chi connectivity index (χ1v) is 6.25. The quantitative estimate of drug-likeness (QED) is 0.845. The van der Waals surface area contributed by atoms with E-state index in [1.165, 1.54) is 0 Å². The third-order valence-corrected chi connectivity index (χ3v) is 2.88. The van der Waals surface area contributed by atoms with Crippen molar-refractivity contribution in [3.05, 3.63) is 23.8 Å².